The number of aromatic nitrogens is 2. The van der Waals surface area contributed by atoms with Crippen molar-refractivity contribution in [3.8, 4) is 0 Å². The van der Waals surface area contributed by atoms with Crippen LogP contribution in [0.2, 0.25) is 0 Å². The number of aryl methyl sites for hydroxylation is 1. The molecule has 1 N–H and O–H groups in total. The molecule has 0 saturated carbocycles. The van der Waals surface area contributed by atoms with E-state index in [1.165, 1.54) is 12.5 Å². The van der Waals surface area contributed by atoms with Crippen molar-refractivity contribution < 1.29 is 22.4 Å². The third-order valence-corrected chi connectivity index (χ3v) is 5.71. The van der Waals surface area contributed by atoms with E-state index in [4.69, 9.17) is 4.42 Å². The second-order valence-electron chi connectivity index (χ2n) is 7.55. The molecule has 0 fully saturated rings. The Balaban J connectivity index is 1.55. The number of alkyl halides is 3. The summed E-state index contributed by atoms with van der Waals surface area (Å²) in [6.45, 7) is 0.505. The Bertz CT molecular complexity index is 1070. The van der Waals surface area contributed by atoms with E-state index in [0.717, 1.165) is 28.8 Å². The Morgan fingerprint density at radius 1 is 1.20 bits per heavy atom. The van der Waals surface area contributed by atoms with Gasteiger partial charge in [0.2, 0.25) is 0 Å². The van der Waals surface area contributed by atoms with Crippen LogP contribution in [0, 0.1) is 0 Å². The summed E-state index contributed by atoms with van der Waals surface area (Å²) in [5.74, 6) is 0.0911. The summed E-state index contributed by atoms with van der Waals surface area (Å²) < 4.78 is 47.6. The van der Waals surface area contributed by atoms with Gasteiger partial charge >= 0.3 is 6.18 Å². The van der Waals surface area contributed by atoms with E-state index in [1.54, 1.807) is 17.0 Å². The molecule has 2 aliphatic rings. The van der Waals surface area contributed by atoms with Crippen LogP contribution in [-0.2, 0) is 6.42 Å². The molecule has 0 bridgehead atoms. The number of rotatable bonds is 2. The number of halogens is 3. The number of nitrogens with one attached hydrogen (secondary N) is 1. The molecule has 2 atom stereocenters. The normalized spacial score (nSPS) is 21.0. The Morgan fingerprint density at radius 3 is 2.80 bits per heavy atom. The largest absolute Gasteiger partial charge is 0.467 e. The van der Waals surface area contributed by atoms with Gasteiger partial charge in [-0.1, -0.05) is 18.2 Å². The van der Waals surface area contributed by atoms with Gasteiger partial charge in [0.15, 0.2) is 6.04 Å². The molecule has 0 saturated heterocycles. The maximum Gasteiger partial charge on any atom is 0.410 e. The molecule has 0 radical (unpaired) electrons. The number of nitrogens with zero attached hydrogens (tertiary/aromatic N) is 3. The first-order valence-corrected chi connectivity index (χ1v) is 9.77. The van der Waals surface area contributed by atoms with E-state index < -0.39 is 18.3 Å². The van der Waals surface area contributed by atoms with Crippen molar-refractivity contribution in [2.24, 2.45) is 0 Å². The molecule has 30 heavy (non-hydrogen) atoms. The number of carbonyl (C=O) groups excluding carboxylic acids is 1. The summed E-state index contributed by atoms with van der Waals surface area (Å²) in [7, 11) is 0. The van der Waals surface area contributed by atoms with Crippen molar-refractivity contribution >= 4 is 17.4 Å². The highest BCUT2D eigenvalue weighted by atomic mass is 19.4. The Hall–Kier alpha value is -3.23. The summed E-state index contributed by atoms with van der Waals surface area (Å²) in [4.78, 5) is 15.0. The summed E-state index contributed by atoms with van der Waals surface area (Å²) in [6, 6.07) is 8.28. The zero-order valence-corrected chi connectivity index (χ0v) is 15.9. The van der Waals surface area contributed by atoms with Gasteiger partial charge in [-0.2, -0.15) is 18.3 Å². The van der Waals surface area contributed by atoms with E-state index in [1.807, 2.05) is 24.3 Å². The Kier molecular flexibility index (Phi) is 4.34. The zero-order valence-electron chi connectivity index (χ0n) is 15.9. The van der Waals surface area contributed by atoms with Crippen molar-refractivity contribution in [1.29, 1.82) is 0 Å². The number of benzene rings is 1. The monoisotopic (exact) mass is 416 g/mol. The van der Waals surface area contributed by atoms with Crippen molar-refractivity contribution in [3.63, 3.8) is 0 Å². The van der Waals surface area contributed by atoms with Crippen LogP contribution in [0.25, 0.3) is 0 Å². The highest BCUT2D eigenvalue weighted by Gasteiger charge is 2.48. The van der Waals surface area contributed by atoms with Crippen LogP contribution in [0.1, 0.15) is 46.6 Å². The van der Waals surface area contributed by atoms with Gasteiger partial charge in [-0.3, -0.25) is 4.79 Å². The highest BCUT2D eigenvalue weighted by molar-refractivity contribution is 6.09. The topological polar surface area (TPSA) is 63.3 Å². The van der Waals surface area contributed by atoms with E-state index >= 15 is 0 Å². The molecular weight excluding hydrogens is 397 g/mol. The molecule has 3 aromatic rings. The number of para-hydroxylation sites is 1. The zero-order chi connectivity index (χ0) is 20.9. The number of fused-ring (bicyclic) bond motifs is 2. The number of hydrogen-bond acceptors (Lipinski definition) is 4. The van der Waals surface area contributed by atoms with Crippen LogP contribution >= 0.6 is 0 Å². The Morgan fingerprint density at radius 2 is 2.03 bits per heavy atom. The first-order chi connectivity index (χ1) is 14.4. The third-order valence-electron chi connectivity index (χ3n) is 5.71. The minimum Gasteiger partial charge on any atom is -0.467 e. The number of anilines is 2. The molecule has 6 nitrogen and oxygen atoms in total. The molecule has 9 heteroatoms. The second-order valence-corrected chi connectivity index (χ2v) is 7.55. The first kappa shape index (κ1) is 18.8. The molecule has 2 aliphatic heterocycles. The van der Waals surface area contributed by atoms with Crippen LogP contribution in [0.3, 0.4) is 0 Å². The Labute approximate surface area is 170 Å². The summed E-state index contributed by atoms with van der Waals surface area (Å²) in [5.41, 5.74) is 1.96. The lowest BCUT2D eigenvalue weighted by Crippen LogP contribution is -2.38. The molecule has 0 spiro atoms. The predicted molar refractivity (Wildman–Crippen MR) is 103 cm³/mol. The quantitative estimate of drug-likeness (QED) is 0.656. The van der Waals surface area contributed by atoms with Gasteiger partial charge in [0.05, 0.1) is 18.5 Å². The third kappa shape index (κ3) is 3.05. The van der Waals surface area contributed by atoms with Crippen LogP contribution in [0.15, 0.2) is 53.3 Å². The van der Waals surface area contributed by atoms with Gasteiger partial charge in [-0.25, -0.2) is 4.68 Å². The van der Waals surface area contributed by atoms with Gasteiger partial charge in [-0.05, 0) is 36.6 Å². The molecule has 1 amide bonds. The molecule has 4 heterocycles. The maximum atomic E-state index is 13.8. The molecule has 2 aromatic heterocycles. The van der Waals surface area contributed by atoms with E-state index in [-0.39, 0.29) is 23.7 Å². The molecule has 1 aromatic carbocycles. The van der Waals surface area contributed by atoms with Crippen molar-refractivity contribution in [3.05, 3.63) is 65.7 Å². The number of carbonyl (C=O) groups is 1. The van der Waals surface area contributed by atoms with Crippen LogP contribution in [0.5, 0.6) is 0 Å². The van der Waals surface area contributed by atoms with Gasteiger partial charge in [0.25, 0.3) is 5.91 Å². The minimum absolute atomic E-state index is 0.0676. The fourth-order valence-electron chi connectivity index (χ4n) is 4.29. The lowest BCUT2D eigenvalue weighted by molar-refractivity contribution is -0.174. The van der Waals surface area contributed by atoms with Crippen LogP contribution < -0.4 is 10.2 Å². The van der Waals surface area contributed by atoms with Gasteiger partial charge in [0.1, 0.15) is 17.1 Å². The maximum absolute atomic E-state index is 13.8. The molecule has 2 unspecified atom stereocenters. The van der Waals surface area contributed by atoms with Gasteiger partial charge in [-0.15, -0.1) is 0 Å². The smallest absolute Gasteiger partial charge is 0.410 e. The van der Waals surface area contributed by atoms with E-state index in [0.29, 0.717) is 12.3 Å². The molecule has 5 rings (SSSR count). The predicted octanol–water partition coefficient (Wildman–Crippen LogP) is 4.73. The SMILES string of the molecule is O=C(c1cnn2c1NC(c1ccco1)CC2C(F)(F)F)N1CCCc2ccccc21. The average Bonchev–Trinajstić information content (AvgIpc) is 3.41. The number of amides is 1. The number of hydrogen-bond donors (Lipinski definition) is 1. The molecule has 0 aliphatic carbocycles. The minimum atomic E-state index is -4.51. The van der Waals surface area contributed by atoms with Gasteiger partial charge < -0.3 is 14.6 Å². The lowest BCUT2D eigenvalue weighted by Gasteiger charge is -2.34. The van der Waals surface area contributed by atoms with Crippen molar-refractivity contribution in [2.75, 3.05) is 16.8 Å². The fourth-order valence-corrected chi connectivity index (χ4v) is 4.29. The van der Waals surface area contributed by atoms with Crippen molar-refractivity contribution in [1.82, 2.24) is 9.78 Å². The lowest BCUT2D eigenvalue weighted by atomic mass is 10.00. The first-order valence-electron chi connectivity index (χ1n) is 9.77. The average molecular weight is 416 g/mol. The van der Waals surface area contributed by atoms with Crippen LogP contribution in [0.4, 0.5) is 24.7 Å². The number of furan rings is 1. The van der Waals surface area contributed by atoms with Crippen molar-refractivity contribution in [2.45, 2.75) is 37.5 Å². The van der Waals surface area contributed by atoms with E-state index in [2.05, 4.69) is 10.4 Å². The molecular formula is C21H19F3N4O2. The second kappa shape index (κ2) is 6.93. The standard InChI is InChI=1S/C21H19F3N4O2/c22-21(23,24)18-11-15(17-8-4-10-30-17)26-19-14(12-25-28(18)19)20(29)27-9-3-6-13-5-1-2-7-16(13)27/h1-2,4-5,7-8,10,12,15,18,26H,3,6,9,11H2. The summed E-state index contributed by atoms with van der Waals surface area (Å²) in [5, 5.41) is 7.00. The summed E-state index contributed by atoms with van der Waals surface area (Å²) >= 11 is 0. The molecule has 156 valence electrons. The fraction of sp³-hybridized carbons (Fsp3) is 0.333. The highest BCUT2D eigenvalue weighted by Crippen LogP contribution is 2.44. The summed E-state index contributed by atoms with van der Waals surface area (Å²) in [6.07, 6.45) is -0.480. The van der Waals surface area contributed by atoms with Crippen LogP contribution in [-0.4, -0.2) is 28.4 Å². The van der Waals surface area contributed by atoms with E-state index in [9.17, 15) is 18.0 Å². The van der Waals surface area contributed by atoms with Gasteiger partial charge in [0, 0.05) is 18.7 Å².